The summed E-state index contributed by atoms with van der Waals surface area (Å²) in [6.07, 6.45) is 10.2. The predicted molar refractivity (Wildman–Crippen MR) is 104 cm³/mol. The van der Waals surface area contributed by atoms with Crippen LogP contribution in [-0.4, -0.2) is 29.8 Å². The molecule has 142 valence electrons. The zero-order chi connectivity index (χ0) is 18.2. The van der Waals surface area contributed by atoms with Crippen LogP contribution in [0.2, 0.25) is 0 Å². The van der Waals surface area contributed by atoms with Crippen molar-refractivity contribution in [2.24, 2.45) is 5.92 Å². The van der Waals surface area contributed by atoms with Crippen molar-refractivity contribution in [3.63, 3.8) is 0 Å². The Labute approximate surface area is 157 Å². The lowest BCUT2D eigenvalue weighted by molar-refractivity contribution is -0.140. The van der Waals surface area contributed by atoms with Gasteiger partial charge < -0.3 is 10.2 Å². The molecule has 1 N–H and O–H groups in total. The Morgan fingerprint density at radius 2 is 1.62 bits per heavy atom. The van der Waals surface area contributed by atoms with Crippen LogP contribution in [0.25, 0.3) is 0 Å². The molecular formula is C22H32N2O2. The Hall–Kier alpha value is -1.84. The van der Waals surface area contributed by atoms with Crippen LogP contribution >= 0.6 is 0 Å². The molecule has 4 nitrogen and oxygen atoms in total. The van der Waals surface area contributed by atoms with Gasteiger partial charge in [0.15, 0.2) is 0 Å². The van der Waals surface area contributed by atoms with E-state index in [1.54, 1.807) is 0 Å². The molecule has 1 aliphatic heterocycles. The lowest BCUT2D eigenvalue weighted by atomic mass is 9.87. The number of benzene rings is 1. The molecule has 0 spiro atoms. The van der Waals surface area contributed by atoms with Crippen molar-refractivity contribution in [3.05, 3.63) is 35.9 Å². The van der Waals surface area contributed by atoms with Crippen LogP contribution < -0.4 is 5.32 Å². The number of carbonyl (C=O) groups excluding carboxylic acids is 2. The molecule has 4 heteroatoms. The van der Waals surface area contributed by atoms with Gasteiger partial charge in [0.05, 0.1) is 12.5 Å². The Kier molecular flexibility index (Phi) is 7.10. The normalized spacial score (nSPS) is 23.8. The van der Waals surface area contributed by atoms with Gasteiger partial charge in [0.1, 0.15) is 0 Å². The van der Waals surface area contributed by atoms with Crippen molar-refractivity contribution < 1.29 is 9.59 Å². The first-order chi connectivity index (χ1) is 12.8. The number of nitrogens with one attached hydrogen (secondary N) is 1. The predicted octanol–water partition coefficient (Wildman–Crippen LogP) is 4.22. The number of amides is 2. The third kappa shape index (κ3) is 5.09. The average Bonchev–Trinajstić information content (AvgIpc) is 2.73. The van der Waals surface area contributed by atoms with Gasteiger partial charge in [-0.15, -0.1) is 0 Å². The van der Waals surface area contributed by atoms with Crippen molar-refractivity contribution in [1.82, 2.24) is 10.2 Å². The van der Waals surface area contributed by atoms with Gasteiger partial charge in [-0.1, -0.05) is 62.4 Å². The van der Waals surface area contributed by atoms with Gasteiger partial charge in [-0.25, -0.2) is 0 Å². The first-order valence-electron chi connectivity index (χ1n) is 10.4. The van der Waals surface area contributed by atoms with Crippen molar-refractivity contribution in [2.45, 2.75) is 70.3 Å². The highest BCUT2D eigenvalue weighted by atomic mass is 16.2. The lowest BCUT2D eigenvalue weighted by Crippen LogP contribution is -2.42. The maximum Gasteiger partial charge on any atom is 0.226 e. The SMILES string of the molecule is O=C1CC(c2ccccc2)N(C(=O)C2CCCCC2)CCCCCCN1. The standard InChI is InChI=1S/C22H32N2O2/c25-21-17-20(18-11-5-3-6-12-18)24(16-10-2-1-9-15-23-21)22(26)19-13-7-4-8-14-19/h3,5-6,11-12,19-20H,1-2,4,7-10,13-17H2,(H,23,25). The molecule has 26 heavy (non-hydrogen) atoms. The first-order valence-corrected chi connectivity index (χ1v) is 10.4. The van der Waals surface area contributed by atoms with Gasteiger partial charge in [-0.2, -0.15) is 0 Å². The van der Waals surface area contributed by atoms with Crippen LogP contribution in [0.15, 0.2) is 30.3 Å². The van der Waals surface area contributed by atoms with Crippen LogP contribution in [0.4, 0.5) is 0 Å². The Morgan fingerprint density at radius 3 is 2.38 bits per heavy atom. The van der Waals surface area contributed by atoms with E-state index in [0.717, 1.165) is 70.0 Å². The second kappa shape index (κ2) is 9.75. The second-order valence-electron chi connectivity index (χ2n) is 7.76. The van der Waals surface area contributed by atoms with E-state index >= 15 is 0 Å². The van der Waals surface area contributed by atoms with E-state index in [9.17, 15) is 9.59 Å². The van der Waals surface area contributed by atoms with E-state index in [-0.39, 0.29) is 23.8 Å². The van der Waals surface area contributed by atoms with Crippen LogP contribution in [0.3, 0.4) is 0 Å². The smallest absolute Gasteiger partial charge is 0.226 e. The molecule has 1 saturated heterocycles. The van der Waals surface area contributed by atoms with Crippen LogP contribution in [-0.2, 0) is 9.59 Å². The second-order valence-corrected chi connectivity index (χ2v) is 7.76. The van der Waals surface area contributed by atoms with Gasteiger partial charge in [0, 0.05) is 19.0 Å². The number of nitrogens with zero attached hydrogens (tertiary/aromatic N) is 1. The number of hydrogen-bond acceptors (Lipinski definition) is 2. The first kappa shape index (κ1) is 18.9. The van der Waals surface area contributed by atoms with E-state index in [4.69, 9.17) is 0 Å². The van der Waals surface area contributed by atoms with Crippen LogP contribution in [0.1, 0.15) is 75.8 Å². The van der Waals surface area contributed by atoms with Gasteiger partial charge in [0.25, 0.3) is 0 Å². The van der Waals surface area contributed by atoms with E-state index in [2.05, 4.69) is 17.4 Å². The molecule has 0 aromatic heterocycles. The molecule has 2 amide bonds. The van der Waals surface area contributed by atoms with Gasteiger partial charge >= 0.3 is 0 Å². The highest BCUT2D eigenvalue weighted by molar-refractivity contribution is 5.81. The number of hydrogen-bond donors (Lipinski definition) is 1. The van der Waals surface area contributed by atoms with Gasteiger partial charge in [-0.05, 0) is 31.2 Å². The molecule has 1 saturated carbocycles. The number of rotatable bonds is 2. The third-order valence-corrected chi connectivity index (χ3v) is 5.82. The quantitative estimate of drug-likeness (QED) is 0.862. The third-order valence-electron chi connectivity index (χ3n) is 5.82. The molecule has 1 aliphatic carbocycles. The van der Waals surface area contributed by atoms with E-state index < -0.39 is 0 Å². The Bertz CT molecular complexity index is 581. The van der Waals surface area contributed by atoms with Crippen molar-refractivity contribution in [2.75, 3.05) is 13.1 Å². The van der Waals surface area contributed by atoms with Gasteiger partial charge in [0.2, 0.25) is 11.8 Å². The summed E-state index contributed by atoms with van der Waals surface area (Å²) in [7, 11) is 0. The summed E-state index contributed by atoms with van der Waals surface area (Å²) in [5.41, 5.74) is 1.08. The highest BCUT2D eigenvalue weighted by Crippen LogP contribution is 2.31. The molecule has 2 aliphatic rings. The maximum absolute atomic E-state index is 13.4. The fourth-order valence-electron chi connectivity index (χ4n) is 4.32. The summed E-state index contributed by atoms with van der Waals surface area (Å²) in [6.45, 7) is 1.51. The minimum atomic E-state index is -0.149. The summed E-state index contributed by atoms with van der Waals surface area (Å²) in [5, 5.41) is 3.04. The zero-order valence-corrected chi connectivity index (χ0v) is 15.8. The molecule has 3 rings (SSSR count). The summed E-state index contributed by atoms with van der Waals surface area (Å²) < 4.78 is 0. The van der Waals surface area contributed by atoms with E-state index in [0.29, 0.717) is 6.42 Å². The summed E-state index contributed by atoms with van der Waals surface area (Å²) in [5.74, 6) is 0.468. The molecule has 2 fully saturated rings. The lowest BCUT2D eigenvalue weighted by Gasteiger charge is -2.35. The Balaban J connectivity index is 1.86. The van der Waals surface area contributed by atoms with Crippen LogP contribution in [0.5, 0.6) is 0 Å². The fraction of sp³-hybridized carbons (Fsp3) is 0.636. The molecule has 1 heterocycles. The summed E-state index contributed by atoms with van der Waals surface area (Å²) in [4.78, 5) is 27.9. The molecular weight excluding hydrogens is 324 g/mol. The topological polar surface area (TPSA) is 49.4 Å². The number of carbonyl (C=O) groups is 2. The van der Waals surface area contributed by atoms with Crippen molar-refractivity contribution in [1.29, 1.82) is 0 Å². The highest BCUT2D eigenvalue weighted by Gasteiger charge is 2.32. The van der Waals surface area contributed by atoms with E-state index in [1.807, 2.05) is 23.1 Å². The molecule has 0 bridgehead atoms. The van der Waals surface area contributed by atoms with Gasteiger partial charge in [-0.3, -0.25) is 9.59 Å². The Morgan fingerprint density at radius 1 is 0.923 bits per heavy atom. The van der Waals surface area contributed by atoms with Crippen molar-refractivity contribution in [3.8, 4) is 0 Å². The molecule has 1 unspecified atom stereocenters. The monoisotopic (exact) mass is 356 g/mol. The minimum absolute atomic E-state index is 0.0576. The summed E-state index contributed by atoms with van der Waals surface area (Å²) >= 11 is 0. The average molecular weight is 357 g/mol. The maximum atomic E-state index is 13.4. The summed E-state index contributed by atoms with van der Waals surface area (Å²) in [6, 6.07) is 9.95. The minimum Gasteiger partial charge on any atom is -0.356 e. The molecule has 1 aromatic rings. The molecule has 1 aromatic carbocycles. The van der Waals surface area contributed by atoms with Crippen LogP contribution in [0, 0.1) is 5.92 Å². The molecule has 0 radical (unpaired) electrons. The molecule has 1 atom stereocenters. The van der Waals surface area contributed by atoms with Crippen molar-refractivity contribution >= 4 is 11.8 Å². The zero-order valence-electron chi connectivity index (χ0n) is 15.8. The largest absolute Gasteiger partial charge is 0.356 e. The fourth-order valence-corrected chi connectivity index (χ4v) is 4.32. The van der Waals surface area contributed by atoms with E-state index in [1.165, 1.54) is 6.42 Å².